The number of ketones is 1. The minimum atomic E-state index is -1.04. The summed E-state index contributed by atoms with van der Waals surface area (Å²) in [5, 5.41) is 9.89. The fourth-order valence-corrected chi connectivity index (χ4v) is 2.67. The van der Waals surface area contributed by atoms with Crippen LogP contribution in [0, 0.1) is 17.1 Å². The number of nitrogens with zero attached hydrogens (tertiary/aromatic N) is 1. The first-order valence-electron chi connectivity index (χ1n) is 5.78. The second-order valence-electron chi connectivity index (χ2n) is 4.22. The van der Waals surface area contributed by atoms with Crippen LogP contribution in [0.1, 0.15) is 21.8 Å². The number of Topliss-reactive ketones (excluding diaryl/α,β-unsaturated/α-hetero) is 1. The fourth-order valence-electron chi connectivity index (χ4n) is 1.82. The van der Waals surface area contributed by atoms with E-state index < -0.39 is 17.5 Å². The van der Waals surface area contributed by atoms with Crippen molar-refractivity contribution in [2.75, 3.05) is 0 Å². The van der Waals surface area contributed by atoms with Gasteiger partial charge in [-0.05, 0) is 51.8 Å². The topological polar surface area (TPSA) is 40.9 Å². The number of carbonyl (C=O) groups excluding carboxylic acids is 1. The molecule has 0 aliphatic carbocycles. The Morgan fingerprint density at radius 2 is 1.90 bits per heavy atom. The van der Waals surface area contributed by atoms with Crippen LogP contribution in [0.2, 0.25) is 10.0 Å². The Morgan fingerprint density at radius 3 is 2.48 bits per heavy atom. The lowest BCUT2D eigenvalue weighted by Crippen LogP contribution is -2.12. The smallest absolute Gasteiger partial charge is 0.185 e. The van der Waals surface area contributed by atoms with E-state index in [1.807, 2.05) is 6.07 Å². The SMILES string of the molecule is N#CC(C(=O)c1ccc(F)cc1Br)c1ccc(Cl)c(Cl)c1. The van der Waals surface area contributed by atoms with Crippen LogP contribution in [-0.2, 0) is 0 Å². The molecule has 2 rings (SSSR count). The Kier molecular flexibility index (Phi) is 5.00. The van der Waals surface area contributed by atoms with Gasteiger partial charge in [0.05, 0.1) is 16.1 Å². The lowest BCUT2D eigenvalue weighted by Gasteiger charge is -2.11. The molecule has 0 N–H and O–H groups in total. The maximum absolute atomic E-state index is 13.1. The van der Waals surface area contributed by atoms with Gasteiger partial charge < -0.3 is 0 Å². The number of hydrogen-bond acceptors (Lipinski definition) is 2. The van der Waals surface area contributed by atoms with Crippen LogP contribution >= 0.6 is 39.1 Å². The van der Waals surface area contributed by atoms with Crippen molar-refractivity contribution in [3.8, 4) is 6.07 Å². The Balaban J connectivity index is 2.43. The van der Waals surface area contributed by atoms with Crippen molar-refractivity contribution in [3.05, 3.63) is 67.9 Å². The van der Waals surface area contributed by atoms with Crippen molar-refractivity contribution >= 4 is 44.9 Å². The van der Waals surface area contributed by atoms with Gasteiger partial charge in [0, 0.05) is 10.0 Å². The van der Waals surface area contributed by atoms with Gasteiger partial charge in [-0.1, -0.05) is 29.3 Å². The first kappa shape index (κ1) is 16.0. The Morgan fingerprint density at radius 1 is 1.19 bits per heavy atom. The highest BCUT2D eigenvalue weighted by atomic mass is 79.9. The summed E-state index contributed by atoms with van der Waals surface area (Å²) >= 11 is 14.9. The molecule has 0 aromatic heterocycles. The molecular formula is C15H7BrCl2FNO. The first-order chi connectivity index (χ1) is 9.93. The molecule has 1 unspecified atom stereocenters. The number of halogens is 4. The highest BCUT2D eigenvalue weighted by molar-refractivity contribution is 9.10. The summed E-state index contributed by atoms with van der Waals surface area (Å²) in [6.07, 6.45) is 0. The number of nitriles is 1. The molecule has 0 saturated carbocycles. The molecule has 21 heavy (non-hydrogen) atoms. The van der Waals surface area contributed by atoms with Crippen LogP contribution in [0.15, 0.2) is 40.9 Å². The minimum absolute atomic E-state index is 0.231. The van der Waals surface area contributed by atoms with Crippen LogP contribution in [0.25, 0.3) is 0 Å². The van der Waals surface area contributed by atoms with Crippen LogP contribution in [0.5, 0.6) is 0 Å². The van der Waals surface area contributed by atoms with Gasteiger partial charge in [0.25, 0.3) is 0 Å². The third-order valence-corrected chi connectivity index (χ3v) is 4.26. The number of rotatable bonds is 3. The van der Waals surface area contributed by atoms with Gasteiger partial charge in [-0.2, -0.15) is 5.26 Å². The fraction of sp³-hybridized carbons (Fsp3) is 0.0667. The molecule has 0 aliphatic rings. The lowest BCUT2D eigenvalue weighted by molar-refractivity contribution is 0.0978. The van der Waals surface area contributed by atoms with Gasteiger partial charge in [-0.15, -0.1) is 0 Å². The van der Waals surface area contributed by atoms with Crippen molar-refractivity contribution in [3.63, 3.8) is 0 Å². The average molecular weight is 387 g/mol. The third-order valence-electron chi connectivity index (χ3n) is 2.86. The molecule has 0 aliphatic heterocycles. The van der Waals surface area contributed by atoms with Gasteiger partial charge in [0.15, 0.2) is 5.78 Å². The Labute approximate surface area is 139 Å². The second-order valence-corrected chi connectivity index (χ2v) is 5.89. The summed E-state index contributed by atoms with van der Waals surface area (Å²) in [5.74, 6) is -1.95. The van der Waals surface area contributed by atoms with E-state index in [2.05, 4.69) is 15.9 Å². The number of hydrogen-bond donors (Lipinski definition) is 0. The third kappa shape index (κ3) is 3.44. The van der Waals surface area contributed by atoms with E-state index in [1.165, 1.54) is 30.3 Å². The van der Waals surface area contributed by atoms with Crippen molar-refractivity contribution in [2.45, 2.75) is 5.92 Å². The monoisotopic (exact) mass is 385 g/mol. The van der Waals surface area contributed by atoms with Crippen molar-refractivity contribution in [1.29, 1.82) is 5.26 Å². The molecule has 0 saturated heterocycles. The van der Waals surface area contributed by atoms with Gasteiger partial charge in [-0.25, -0.2) is 4.39 Å². The van der Waals surface area contributed by atoms with E-state index in [-0.39, 0.29) is 10.6 Å². The summed E-state index contributed by atoms with van der Waals surface area (Å²) in [7, 11) is 0. The number of benzene rings is 2. The molecule has 0 spiro atoms. The largest absolute Gasteiger partial charge is 0.292 e. The Hall–Kier alpha value is -1.41. The summed E-state index contributed by atoms with van der Waals surface area (Å²) in [5.41, 5.74) is 0.669. The average Bonchev–Trinajstić information content (AvgIpc) is 2.43. The molecule has 0 amide bonds. The lowest BCUT2D eigenvalue weighted by atomic mass is 9.92. The highest BCUT2D eigenvalue weighted by Crippen LogP contribution is 2.30. The predicted molar refractivity (Wildman–Crippen MR) is 83.2 cm³/mol. The molecule has 1 atom stereocenters. The highest BCUT2D eigenvalue weighted by Gasteiger charge is 2.24. The molecule has 2 aromatic rings. The maximum atomic E-state index is 13.1. The minimum Gasteiger partial charge on any atom is -0.292 e. The van der Waals surface area contributed by atoms with E-state index in [4.69, 9.17) is 23.2 Å². The van der Waals surface area contributed by atoms with E-state index >= 15 is 0 Å². The summed E-state index contributed by atoms with van der Waals surface area (Å²) in [6, 6.07) is 10.2. The zero-order valence-electron chi connectivity index (χ0n) is 10.4. The first-order valence-corrected chi connectivity index (χ1v) is 7.32. The molecule has 106 valence electrons. The summed E-state index contributed by atoms with van der Waals surface area (Å²) < 4.78 is 13.4. The van der Waals surface area contributed by atoms with E-state index in [0.29, 0.717) is 15.1 Å². The van der Waals surface area contributed by atoms with Crippen LogP contribution in [0.4, 0.5) is 4.39 Å². The number of carbonyl (C=O) groups is 1. The molecule has 2 aromatic carbocycles. The van der Waals surface area contributed by atoms with Crippen molar-refractivity contribution in [2.24, 2.45) is 0 Å². The van der Waals surface area contributed by atoms with Crippen LogP contribution in [0.3, 0.4) is 0 Å². The van der Waals surface area contributed by atoms with Gasteiger partial charge >= 0.3 is 0 Å². The zero-order valence-corrected chi connectivity index (χ0v) is 13.5. The summed E-state index contributed by atoms with van der Waals surface area (Å²) in [4.78, 5) is 12.5. The predicted octanol–water partition coefficient (Wildman–Crippen LogP) is 5.39. The molecular weight excluding hydrogens is 380 g/mol. The van der Waals surface area contributed by atoms with Crippen LogP contribution < -0.4 is 0 Å². The molecule has 2 nitrogen and oxygen atoms in total. The molecule has 0 fully saturated rings. The molecule has 0 bridgehead atoms. The zero-order chi connectivity index (χ0) is 15.6. The maximum Gasteiger partial charge on any atom is 0.185 e. The van der Waals surface area contributed by atoms with E-state index in [0.717, 1.165) is 0 Å². The summed E-state index contributed by atoms with van der Waals surface area (Å²) in [6.45, 7) is 0. The van der Waals surface area contributed by atoms with Gasteiger partial charge in [-0.3, -0.25) is 4.79 Å². The van der Waals surface area contributed by atoms with Crippen molar-refractivity contribution in [1.82, 2.24) is 0 Å². The Bertz CT molecular complexity index is 758. The van der Waals surface area contributed by atoms with E-state index in [9.17, 15) is 14.4 Å². The van der Waals surface area contributed by atoms with Gasteiger partial charge in [0.2, 0.25) is 0 Å². The molecule has 6 heteroatoms. The van der Waals surface area contributed by atoms with E-state index in [1.54, 1.807) is 6.07 Å². The standard InChI is InChI=1S/C15H7BrCl2FNO/c16-12-6-9(19)2-3-10(12)15(21)11(7-20)8-1-4-13(17)14(18)5-8/h1-6,11H. The molecule has 0 heterocycles. The normalized spacial score (nSPS) is 11.8. The van der Waals surface area contributed by atoms with Crippen LogP contribution in [-0.4, -0.2) is 5.78 Å². The van der Waals surface area contributed by atoms with Gasteiger partial charge in [0.1, 0.15) is 11.7 Å². The van der Waals surface area contributed by atoms with Crippen molar-refractivity contribution < 1.29 is 9.18 Å². The second kappa shape index (κ2) is 6.57. The quantitative estimate of drug-likeness (QED) is 0.664. The molecule has 0 radical (unpaired) electrons.